The molecule has 1 N–H and O–H groups in total. The van der Waals surface area contributed by atoms with Crippen LogP contribution in [0.4, 0.5) is 4.39 Å². The van der Waals surface area contributed by atoms with Crippen LogP contribution in [-0.4, -0.2) is 42.2 Å². The zero-order chi connectivity index (χ0) is 20.8. The molecule has 1 aliphatic rings. The molecule has 0 amide bonds. The first-order valence-corrected chi connectivity index (χ1v) is 9.74. The lowest BCUT2D eigenvalue weighted by atomic mass is 9.92. The Balaban J connectivity index is 0.00000320. The van der Waals surface area contributed by atoms with Crippen LogP contribution in [0.15, 0.2) is 60.4 Å². The Labute approximate surface area is 183 Å². The number of aryl methyl sites for hydroxylation is 2. The number of hydrogen-bond donors (Lipinski definition) is 1. The van der Waals surface area contributed by atoms with Gasteiger partial charge < -0.3 is 9.84 Å². The minimum absolute atomic E-state index is 0. The van der Waals surface area contributed by atoms with Gasteiger partial charge in [-0.05, 0) is 54.7 Å². The summed E-state index contributed by atoms with van der Waals surface area (Å²) in [5.41, 5.74) is 5.26. The van der Waals surface area contributed by atoms with E-state index in [1.165, 1.54) is 12.1 Å². The number of carboxylic acids is 1. The normalized spacial score (nSPS) is 14.6. The maximum Gasteiger partial charge on any atom is 0.332 e. The molecule has 0 saturated carbocycles. The van der Waals surface area contributed by atoms with Gasteiger partial charge in [0.15, 0.2) is 0 Å². The molecule has 0 bridgehead atoms. The Morgan fingerprint density at radius 3 is 2.60 bits per heavy atom. The van der Waals surface area contributed by atoms with Gasteiger partial charge in [-0.15, -0.1) is 12.4 Å². The van der Waals surface area contributed by atoms with E-state index in [0.29, 0.717) is 25.3 Å². The van der Waals surface area contributed by atoms with Crippen LogP contribution in [0, 0.1) is 19.7 Å². The minimum atomic E-state index is -0.857. The van der Waals surface area contributed by atoms with Crippen LogP contribution in [0.2, 0.25) is 0 Å². The highest BCUT2D eigenvalue weighted by Crippen LogP contribution is 2.29. The van der Waals surface area contributed by atoms with Crippen LogP contribution in [0.25, 0.3) is 5.57 Å². The Morgan fingerprint density at radius 1 is 1.17 bits per heavy atom. The molecule has 0 saturated heterocycles. The number of halogens is 2. The molecular weight excluding hydrogens is 405 g/mol. The Kier molecular flexibility index (Phi) is 8.63. The van der Waals surface area contributed by atoms with Crippen LogP contribution >= 0.6 is 12.4 Å². The number of benzene rings is 2. The Hall–Kier alpha value is -2.63. The van der Waals surface area contributed by atoms with Crippen LogP contribution in [0.3, 0.4) is 0 Å². The molecule has 2 aromatic rings. The molecule has 4 nitrogen and oxygen atoms in total. The quantitative estimate of drug-likeness (QED) is 0.495. The molecule has 0 spiro atoms. The van der Waals surface area contributed by atoms with Crippen molar-refractivity contribution in [2.24, 2.45) is 0 Å². The van der Waals surface area contributed by atoms with Crippen LogP contribution < -0.4 is 0 Å². The van der Waals surface area contributed by atoms with Gasteiger partial charge in [-0.2, -0.15) is 0 Å². The van der Waals surface area contributed by atoms with Crippen molar-refractivity contribution in [3.8, 4) is 0 Å². The highest BCUT2D eigenvalue weighted by Gasteiger charge is 2.17. The highest BCUT2D eigenvalue weighted by atomic mass is 35.5. The zero-order valence-electron chi connectivity index (χ0n) is 17.2. The first kappa shape index (κ1) is 23.6. The molecule has 0 fully saturated rings. The monoisotopic (exact) mass is 431 g/mol. The van der Waals surface area contributed by atoms with Gasteiger partial charge in [0.2, 0.25) is 0 Å². The predicted molar refractivity (Wildman–Crippen MR) is 119 cm³/mol. The lowest BCUT2D eigenvalue weighted by Gasteiger charge is -2.25. The molecule has 0 aliphatic carbocycles. The topological polar surface area (TPSA) is 49.8 Å². The average Bonchev–Trinajstić information content (AvgIpc) is 2.70. The number of rotatable bonds is 7. The maximum absolute atomic E-state index is 13.6. The van der Waals surface area contributed by atoms with E-state index in [1.807, 2.05) is 38.1 Å². The summed E-state index contributed by atoms with van der Waals surface area (Å²) in [6.45, 7) is 6.27. The molecule has 0 aromatic heterocycles. The molecule has 3 rings (SSSR count). The predicted octanol–water partition coefficient (Wildman–Crippen LogP) is 4.99. The molecule has 2 aromatic carbocycles. The first-order chi connectivity index (χ1) is 14.0. The summed E-state index contributed by atoms with van der Waals surface area (Å²) in [5.74, 6) is -1.12. The van der Waals surface area contributed by atoms with Gasteiger partial charge in [0.1, 0.15) is 12.4 Å². The van der Waals surface area contributed by atoms with Crippen molar-refractivity contribution in [2.75, 3.05) is 26.2 Å². The minimum Gasteiger partial charge on any atom is -0.499 e. The lowest BCUT2D eigenvalue weighted by molar-refractivity contribution is -0.133. The van der Waals surface area contributed by atoms with Crippen molar-refractivity contribution in [1.82, 2.24) is 4.90 Å². The largest absolute Gasteiger partial charge is 0.499 e. The van der Waals surface area contributed by atoms with Gasteiger partial charge in [0.25, 0.3) is 0 Å². The van der Waals surface area contributed by atoms with E-state index in [9.17, 15) is 9.18 Å². The van der Waals surface area contributed by atoms with E-state index in [2.05, 4.69) is 4.90 Å². The van der Waals surface area contributed by atoms with Crippen molar-refractivity contribution >= 4 is 23.9 Å². The SMILES string of the molecule is Cc1ccccc1C(=COCCN1CCC=C(C(=O)O)C1)c1ccc(F)cc1C.Cl. The molecular formula is C24H27ClFNO3. The van der Waals surface area contributed by atoms with E-state index in [4.69, 9.17) is 9.84 Å². The fourth-order valence-electron chi connectivity index (χ4n) is 3.55. The number of hydrogen-bond acceptors (Lipinski definition) is 3. The van der Waals surface area contributed by atoms with Gasteiger partial charge >= 0.3 is 5.97 Å². The van der Waals surface area contributed by atoms with Crippen LogP contribution in [0.5, 0.6) is 0 Å². The van der Waals surface area contributed by atoms with Crippen molar-refractivity contribution < 1.29 is 19.0 Å². The van der Waals surface area contributed by atoms with Gasteiger partial charge in [0.05, 0.1) is 6.26 Å². The second-order valence-electron chi connectivity index (χ2n) is 7.28. The number of carbonyl (C=O) groups is 1. The number of carboxylic acid groups (broad SMARTS) is 1. The fourth-order valence-corrected chi connectivity index (χ4v) is 3.55. The second-order valence-corrected chi connectivity index (χ2v) is 7.28. The summed E-state index contributed by atoms with van der Waals surface area (Å²) in [4.78, 5) is 13.2. The van der Waals surface area contributed by atoms with E-state index >= 15 is 0 Å². The van der Waals surface area contributed by atoms with Gasteiger partial charge in [-0.25, -0.2) is 9.18 Å². The van der Waals surface area contributed by atoms with E-state index in [-0.39, 0.29) is 18.2 Å². The number of aliphatic carboxylic acids is 1. The smallest absolute Gasteiger partial charge is 0.332 e. The average molecular weight is 432 g/mol. The van der Waals surface area contributed by atoms with E-state index in [1.54, 1.807) is 18.4 Å². The summed E-state index contributed by atoms with van der Waals surface area (Å²) in [6, 6.07) is 12.8. The first-order valence-electron chi connectivity index (χ1n) is 9.74. The van der Waals surface area contributed by atoms with Crippen molar-refractivity contribution in [3.05, 3.63) is 88.4 Å². The highest BCUT2D eigenvalue weighted by molar-refractivity contribution is 5.87. The Morgan fingerprint density at radius 2 is 1.90 bits per heavy atom. The van der Waals surface area contributed by atoms with Gasteiger partial charge in [-0.3, -0.25) is 4.90 Å². The summed E-state index contributed by atoms with van der Waals surface area (Å²) in [5, 5.41) is 9.16. The van der Waals surface area contributed by atoms with Crippen molar-refractivity contribution in [3.63, 3.8) is 0 Å². The van der Waals surface area contributed by atoms with Crippen LogP contribution in [-0.2, 0) is 9.53 Å². The third-order valence-electron chi connectivity index (χ3n) is 5.15. The third-order valence-corrected chi connectivity index (χ3v) is 5.15. The van der Waals surface area contributed by atoms with Gasteiger partial charge in [-0.1, -0.05) is 36.4 Å². The molecule has 160 valence electrons. The molecule has 0 radical (unpaired) electrons. The fraction of sp³-hybridized carbons (Fsp3) is 0.292. The third kappa shape index (κ3) is 5.94. The number of ether oxygens (including phenoxy) is 1. The summed E-state index contributed by atoms with van der Waals surface area (Å²) < 4.78 is 19.5. The van der Waals surface area contributed by atoms with Crippen molar-refractivity contribution in [2.45, 2.75) is 20.3 Å². The lowest BCUT2D eigenvalue weighted by Crippen LogP contribution is -2.34. The van der Waals surface area contributed by atoms with E-state index < -0.39 is 5.97 Å². The van der Waals surface area contributed by atoms with E-state index in [0.717, 1.165) is 40.8 Å². The Bertz CT molecular complexity index is 955. The molecule has 30 heavy (non-hydrogen) atoms. The summed E-state index contributed by atoms with van der Waals surface area (Å²) in [6.07, 6.45) is 4.26. The summed E-state index contributed by atoms with van der Waals surface area (Å²) in [7, 11) is 0. The molecule has 1 aliphatic heterocycles. The van der Waals surface area contributed by atoms with Gasteiger partial charge in [0, 0.05) is 30.8 Å². The molecule has 1 heterocycles. The van der Waals surface area contributed by atoms with Crippen molar-refractivity contribution in [1.29, 1.82) is 0 Å². The number of nitrogens with zero attached hydrogens (tertiary/aromatic N) is 1. The molecule has 6 heteroatoms. The molecule has 0 unspecified atom stereocenters. The molecule has 0 atom stereocenters. The van der Waals surface area contributed by atoms with Crippen LogP contribution in [0.1, 0.15) is 28.7 Å². The zero-order valence-corrected chi connectivity index (χ0v) is 18.0. The second kappa shape index (κ2) is 11.0. The summed E-state index contributed by atoms with van der Waals surface area (Å²) >= 11 is 0. The standard InChI is InChI=1S/C24H26FNO3.ClH/c1-17-6-3-4-8-21(17)23(22-10-9-20(25)14-18(22)2)16-29-13-12-26-11-5-7-19(15-26)24(27)28;/h3-4,6-10,14,16H,5,11-13,15H2,1-2H3,(H,27,28);1H. The maximum atomic E-state index is 13.6.